The van der Waals surface area contributed by atoms with Gasteiger partial charge in [0.15, 0.2) is 0 Å². The van der Waals surface area contributed by atoms with Crippen molar-refractivity contribution in [3.8, 4) is 5.75 Å². The van der Waals surface area contributed by atoms with Crippen LogP contribution < -0.4 is 19.5 Å². The van der Waals surface area contributed by atoms with Crippen LogP contribution in [0.2, 0.25) is 0 Å². The third-order valence-electron chi connectivity index (χ3n) is 5.62. The molecule has 0 saturated carbocycles. The fourth-order valence-corrected chi connectivity index (χ4v) is 6.17. The molecule has 1 amide bonds. The van der Waals surface area contributed by atoms with Gasteiger partial charge in [-0.25, -0.2) is 21.6 Å². The molecule has 0 bridgehead atoms. The first-order chi connectivity index (χ1) is 17.2. The molecule has 0 spiro atoms. The van der Waals surface area contributed by atoms with Gasteiger partial charge in [-0.3, -0.25) is 9.52 Å². The Balaban J connectivity index is 1.93. The van der Waals surface area contributed by atoms with E-state index in [9.17, 15) is 21.6 Å². The maximum absolute atomic E-state index is 13.2. The van der Waals surface area contributed by atoms with Crippen LogP contribution in [0.15, 0.2) is 64.4 Å². The number of benzene rings is 3. The molecule has 0 fully saturated rings. The Labute approximate surface area is 218 Å². The molecule has 3 N–H and O–H groups in total. The minimum Gasteiger partial charge on any atom is -0.495 e. The summed E-state index contributed by atoms with van der Waals surface area (Å²) < 4.78 is 61.8. The molecular weight excluding hydrogens is 514 g/mol. The smallest absolute Gasteiger partial charge is 0.262 e. The Morgan fingerprint density at radius 1 is 0.811 bits per heavy atom. The number of methoxy groups -OCH3 is 1. The molecule has 0 unspecified atom stereocenters. The molecule has 11 heteroatoms. The van der Waals surface area contributed by atoms with Crippen LogP contribution in [0.3, 0.4) is 0 Å². The fourth-order valence-electron chi connectivity index (χ4n) is 3.57. The number of anilines is 2. The molecule has 37 heavy (non-hydrogen) atoms. The van der Waals surface area contributed by atoms with Crippen molar-refractivity contribution in [3.05, 3.63) is 76.9 Å². The summed E-state index contributed by atoms with van der Waals surface area (Å²) in [5.41, 5.74) is 3.03. The second-order valence-corrected chi connectivity index (χ2v) is 12.3. The molecule has 0 atom stereocenters. The summed E-state index contributed by atoms with van der Waals surface area (Å²) in [6.07, 6.45) is 0. The van der Waals surface area contributed by atoms with Crippen LogP contribution in [0.5, 0.6) is 5.75 Å². The molecule has 0 radical (unpaired) electrons. The van der Waals surface area contributed by atoms with Crippen molar-refractivity contribution in [1.82, 2.24) is 4.72 Å². The van der Waals surface area contributed by atoms with E-state index in [0.717, 1.165) is 11.1 Å². The van der Waals surface area contributed by atoms with Crippen molar-refractivity contribution in [3.63, 3.8) is 0 Å². The van der Waals surface area contributed by atoms with Crippen molar-refractivity contribution < 1.29 is 26.4 Å². The molecule has 9 nitrogen and oxygen atoms in total. The molecule has 3 aromatic rings. The second-order valence-electron chi connectivity index (χ2n) is 8.98. The zero-order chi connectivity index (χ0) is 27.5. The highest BCUT2D eigenvalue weighted by Crippen LogP contribution is 2.29. The molecule has 3 aromatic carbocycles. The summed E-state index contributed by atoms with van der Waals surface area (Å²) in [7, 11) is -6.43. The van der Waals surface area contributed by atoms with Gasteiger partial charge < -0.3 is 10.1 Å². The zero-order valence-corrected chi connectivity index (χ0v) is 23.2. The second kappa shape index (κ2) is 10.9. The molecule has 3 rings (SSSR count). The highest BCUT2D eigenvalue weighted by molar-refractivity contribution is 7.92. The number of carbonyl (C=O) groups excluding carboxylic acids is 1. The summed E-state index contributed by atoms with van der Waals surface area (Å²) in [6, 6.07) is 13.3. The largest absolute Gasteiger partial charge is 0.495 e. The Kier molecular flexibility index (Phi) is 8.31. The van der Waals surface area contributed by atoms with Crippen molar-refractivity contribution in [2.45, 2.75) is 50.5 Å². The number of aryl methyl sites for hydroxylation is 3. The molecular formula is C26H31N3O6S2. The monoisotopic (exact) mass is 545 g/mol. The van der Waals surface area contributed by atoms with Crippen LogP contribution in [-0.2, 0) is 20.0 Å². The predicted octanol–water partition coefficient (Wildman–Crippen LogP) is 4.36. The molecule has 0 heterocycles. The van der Waals surface area contributed by atoms with E-state index in [1.807, 2.05) is 19.9 Å². The number of ether oxygens (including phenoxy) is 1. The Hall–Kier alpha value is -3.41. The minimum absolute atomic E-state index is 0.0530. The van der Waals surface area contributed by atoms with Crippen LogP contribution in [0.1, 0.15) is 40.9 Å². The van der Waals surface area contributed by atoms with Crippen molar-refractivity contribution in [2.24, 2.45) is 0 Å². The quantitative estimate of drug-likeness (QED) is 0.366. The number of hydrogen-bond acceptors (Lipinski definition) is 6. The van der Waals surface area contributed by atoms with Crippen LogP contribution >= 0.6 is 0 Å². The lowest BCUT2D eigenvalue weighted by molar-refractivity contribution is 0.102. The topological polar surface area (TPSA) is 131 Å². The predicted molar refractivity (Wildman–Crippen MR) is 144 cm³/mol. The van der Waals surface area contributed by atoms with Crippen LogP contribution in [0.25, 0.3) is 0 Å². The molecule has 0 aliphatic heterocycles. The van der Waals surface area contributed by atoms with E-state index in [0.29, 0.717) is 11.3 Å². The summed E-state index contributed by atoms with van der Waals surface area (Å²) in [6.45, 7) is 8.84. The summed E-state index contributed by atoms with van der Waals surface area (Å²) in [4.78, 5) is 13.0. The summed E-state index contributed by atoms with van der Waals surface area (Å²) >= 11 is 0. The van der Waals surface area contributed by atoms with Gasteiger partial charge in [0.05, 0.1) is 22.6 Å². The fraction of sp³-hybridized carbons (Fsp3) is 0.269. The molecule has 0 aliphatic rings. The number of sulfonamides is 2. The highest BCUT2D eigenvalue weighted by atomic mass is 32.2. The van der Waals surface area contributed by atoms with Gasteiger partial charge in [-0.05, 0) is 93.8 Å². The van der Waals surface area contributed by atoms with Crippen LogP contribution in [-0.4, -0.2) is 35.9 Å². The van der Waals surface area contributed by atoms with E-state index in [2.05, 4.69) is 14.8 Å². The van der Waals surface area contributed by atoms with Crippen LogP contribution in [0, 0.1) is 20.8 Å². The first kappa shape index (κ1) is 28.2. The van der Waals surface area contributed by atoms with Gasteiger partial charge >= 0.3 is 0 Å². The van der Waals surface area contributed by atoms with E-state index in [1.165, 1.54) is 43.5 Å². The lowest BCUT2D eigenvalue weighted by Crippen LogP contribution is -2.30. The van der Waals surface area contributed by atoms with E-state index in [1.54, 1.807) is 32.9 Å². The number of nitrogens with one attached hydrogen (secondary N) is 3. The molecule has 0 aliphatic carbocycles. The lowest BCUT2D eigenvalue weighted by atomic mass is 10.1. The summed E-state index contributed by atoms with van der Waals surface area (Å²) in [5.74, 6) is -0.388. The van der Waals surface area contributed by atoms with Gasteiger partial charge in [0.25, 0.3) is 15.9 Å². The van der Waals surface area contributed by atoms with Crippen molar-refractivity contribution in [1.29, 1.82) is 0 Å². The van der Waals surface area contributed by atoms with Gasteiger partial charge in [-0.15, -0.1) is 0 Å². The average molecular weight is 546 g/mol. The Bertz CT molecular complexity index is 1550. The lowest BCUT2D eigenvalue weighted by Gasteiger charge is -2.15. The maximum atomic E-state index is 13.2. The van der Waals surface area contributed by atoms with Gasteiger partial charge in [0.1, 0.15) is 5.75 Å². The molecule has 0 saturated heterocycles. The number of carbonyl (C=O) groups is 1. The Morgan fingerprint density at radius 3 is 2.11 bits per heavy atom. The van der Waals surface area contributed by atoms with E-state index >= 15 is 0 Å². The number of rotatable bonds is 9. The summed E-state index contributed by atoms with van der Waals surface area (Å²) in [5, 5.41) is 2.63. The number of hydrogen-bond donors (Lipinski definition) is 3. The number of amides is 1. The average Bonchev–Trinajstić information content (AvgIpc) is 2.80. The first-order valence-corrected chi connectivity index (χ1v) is 14.4. The standard InChI is InChI=1S/C26H31N3O6S2/c1-16(2)28-36(31,32)22-11-12-24(35-6)23(15-22)27-26(30)20-9-7-18(4)25(14-20)37(33,34)29-21-10-8-17(3)19(5)13-21/h7-16,28-29H,1-6H3,(H,27,30). The molecule has 198 valence electrons. The van der Waals surface area contributed by atoms with Gasteiger partial charge in [0, 0.05) is 17.3 Å². The Morgan fingerprint density at radius 2 is 1.49 bits per heavy atom. The zero-order valence-electron chi connectivity index (χ0n) is 21.5. The van der Waals surface area contributed by atoms with Gasteiger partial charge in [0.2, 0.25) is 10.0 Å². The van der Waals surface area contributed by atoms with Crippen LogP contribution in [0.4, 0.5) is 11.4 Å². The van der Waals surface area contributed by atoms with Gasteiger partial charge in [-0.1, -0.05) is 12.1 Å². The SMILES string of the molecule is COc1ccc(S(=O)(=O)NC(C)C)cc1NC(=O)c1ccc(C)c(S(=O)(=O)Nc2ccc(C)c(C)c2)c1. The van der Waals surface area contributed by atoms with E-state index in [-0.39, 0.29) is 32.8 Å². The van der Waals surface area contributed by atoms with Crippen molar-refractivity contribution in [2.75, 3.05) is 17.1 Å². The molecule has 0 aromatic heterocycles. The van der Waals surface area contributed by atoms with E-state index < -0.39 is 26.0 Å². The maximum Gasteiger partial charge on any atom is 0.262 e. The first-order valence-electron chi connectivity index (χ1n) is 11.5. The van der Waals surface area contributed by atoms with Gasteiger partial charge in [-0.2, -0.15) is 0 Å². The minimum atomic E-state index is -4.00. The third-order valence-corrected chi connectivity index (χ3v) is 8.80. The normalized spacial score (nSPS) is 11.9. The van der Waals surface area contributed by atoms with Crippen molar-refractivity contribution >= 4 is 37.3 Å². The van der Waals surface area contributed by atoms with E-state index in [4.69, 9.17) is 4.74 Å². The third kappa shape index (κ3) is 6.68. The highest BCUT2D eigenvalue weighted by Gasteiger charge is 2.22.